The minimum atomic E-state index is -3.07. The summed E-state index contributed by atoms with van der Waals surface area (Å²) >= 11 is 0. The largest absolute Gasteiger partial charge is 0.546 e. The van der Waals surface area contributed by atoms with Gasteiger partial charge in [0.1, 0.15) is 0 Å². The predicted octanol–water partition coefficient (Wildman–Crippen LogP) is 2.30. The van der Waals surface area contributed by atoms with Crippen LogP contribution in [0.1, 0.15) is 6.92 Å². The van der Waals surface area contributed by atoms with Gasteiger partial charge in [0.2, 0.25) is 0 Å². The third-order valence-electron chi connectivity index (χ3n) is 2.17. The van der Waals surface area contributed by atoms with Crippen molar-refractivity contribution in [3.8, 4) is 0 Å². The fourth-order valence-corrected chi connectivity index (χ4v) is 22.1. The van der Waals surface area contributed by atoms with E-state index in [9.17, 15) is 4.79 Å². The van der Waals surface area contributed by atoms with E-state index in [1.807, 2.05) is 39.3 Å². The van der Waals surface area contributed by atoms with Gasteiger partial charge in [-0.1, -0.05) is 0 Å². The quantitative estimate of drug-likeness (QED) is 0.683. The molecule has 0 saturated carbocycles. The van der Waals surface area contributed by atoms with Gasteiger partial charge in [-0.25, -0.2) is 0 Å². The van der Waals surface area contributed by atoms with Crippen molar-refractivity contribution >= 4 is 40.5 Å². The van der Waals surface area contributed by atoms with Crippen molar-refractivity contribution in [2.45, 2.75) is 52.8 Å². The third-order valence-corrected chi connectivity index (χ3v) is 17.6. The van der Waals surface area contributed by atoms with Crippen LogP contribution in [0.2, 0.25) is 45.8 Å². The molecule has 112 valence electrons. The summed E-state index contributed by atoms with van der Waals surface area (Å²) in [5, 5.41) is 0. The zero-order chi connectivity index (χ0) is 15.1. The monoisotopic (exact) mass is 340 g/mol. The molecular formula is C9H24O6Si4. The van der Waals surface area contributed by atoms with Gasteiger partial charge >= 0.3 is 34.5 Å². The molecule has 10 heteroatoms. The molecule has 0 amide bonds. The SMILES string of the molecule is CC(=O)O[Si]1(C)O[Si](C)(C)O[Si](C)(C)O[Si](C)(C)O1. The smallest absolute Gasteiger partial charge is 0.475 e. The summed E-state index contributed by atoms with van der Waals surface area (Å²) in [5.41, 5.74) is 0. The van der Waals surface area contributed by atoms with Crippen LogP contribution in [-0.4, -0.2) is 40.5 Å². The Balaban J connectivity index is 3.07. The maximum Gasteiger partial charge on any atom is 0.546 e. The maximum absolute atomic E-state index is 11.3. The Morgan fingerprint density at radius 1 is 0.737 bits per heavy atom. The normalized spacial score (nSPS) is 28.0. The molecule has 0 aliphatic carbocycles. The second-order valence-corrected chi connectivity index (χ2v) is 19.7. The van der Waals surface area contributed by atoms with Crippen LogP contribution < -0.4 is 0 Å². The minimum Gasteiger partial charge on any atom is -0.475 e. The third kappa shape index (κ3) is 5.59. The lowest BCUT2D eigenvalue weighted by atomic mass is 10.9. The highest BCUT2D eigenvalue weighted by atomic mass is 28.5. The first kappa shape index (κ1) is 17.2. The van der Waals surface area contributed by atoms with Gasteiger partial charge < -0.3 is 20.9 Å². The highest BCUT2D eigenvalue weighted by Gasteiger charge is 2.55. The first-order chi connectivity index (χ1) is 8.24. The van der Waals surface area contributed by atoms with Crippen molar-refractivity contribution in [2.75, 3.05) is 0 Å². The average molecular weight is 341 g/mol. The van der Waals surface area contributed by atoms with Crippen LogP contribution >= 0.6 is 0 Å². The summed E-state index contributed by atoms with van der Waals surface area (Å²) in [6.07, 6.45) is 0. The number of hydrogen-bond acceptors (Lipinski definition) is 6. The molecule has 19 heavy (non-hydrogen) atoms. The molecule has 0 aromatic rings. The Bertz CT molecular complexity index is 348. The molecule has 0 radical (unpaired) electrons. The zero-order valence-corrected chi connectivity index (χ0v) is 16.9. The van der Waals surface area contributed by atoms with E-state index in [1.165, 1.54) is 6.92 Å². The molecule has 1 aliphatic heterocycles. The van der Waals surface area contributed by atoms with Crippen molar-refractivity contribution in [1.29, 1.82) is 0 Å². The Labute approximate surface area is 119 Å². The topological polar surface area (TPSA) is 63.2 Å². The molecule has 0 bridgehead atoms. The van der Waals surface area contributed by atoms with Crippen molar-refractivity contribution in [2.24, 2.45) is 0 Å². The van der Waals surface area contributed by atoms with E-state index >= 15 is 0 Å². The first-order valence-corrected chi connectivity index (χ1v) is 16.9. The van der Waals surface area contributed by atoms with Crippen LogP contribution in [0.25, 0.3) is 0 Å². The zero-order valence-electron chi connectivity index (χ0n) is 12.9. The molecule has 1 aliphatic rings. The molecule has 6 nitrogen and oxygen atoms in total. The van der Waals surface area contributed by atoms with Gasteiger partial charge in [0.25, 0.3) is 5.97 Å². The molecule has 0 N–H and O–H groups in total. The fourth-order valence-electron chi connectivity index (χ4n) is 2.46. The molecule has 1 heterocycles. The van der Waals surface area contributed by atoms with Crippen molar-refractivity contribution in [3.05, 3.63) is 0 Å². The lowest BCUT2D eigenvalue weighted by molar-refractivity contribution is -0.135. The van der Waals surface area contributed by atoms with Gasteiger partial charge in [-0.3, -0.25) is 4.79 Å². The summed E-state index contributed by atoms with van der Waals surface area (Å²) in [6.45, 7) is 14.7. The Morgan fingerprint density at radius 3 is 1.37 bits per heavy atom. The number of rotatable bonds is 1. The molecule has 1 rings (SSSR count). The highest BCUT2D eigenvalue weighted by Crippen LogP contribution is 2.30. The van der Waals surface area contributed by atoms with Gasteiger partial charge in [-0.15, -0.1) is 0 Å². The van der Waals surface area contributed by atoms with Crippen LogP contribution in [0.3, 0.4) is 0 Å². The summed E-state index contributed by atoms with van der Waals surface area (Å²) in [7, 11) is -10.3. The lowest BCUT2D eigenvalue weighted by Gasteiger charge is -2.45. The van der Waals surface area contributed by atoms with Gasteiger partial charge in [-0.2, -0.15) is 0 Å². The van der Waals surface area contributed by atoms with Crippen molar-refractivity contribution in [1.82, 2.24) is 0 Å². The molecule has 0 aromatic heterocycles. The Hall–Kier alpha value is 0.178. The van der Waals surface area contributed by atoms with Crippen molar-refractivity contribution < 1.29 is 25.7 Å². The van der Waals surface area contributed by atoms with Gasteiger partial charge in [0.05, 0.1) is 0 Å². The molecular weight excluding hydrogens is 316 g/mol. The Morgan fingerprint density at radius 2 is 1.05 bits per heavy atom. The van der Waals surface area contributed by atoms with Crippen LogP contribution in [0.4, 0.5) is 0 Å². The van der Waals surface area contributed by atoms with Crippen LogP contribution in [0, 0.1) is 0 Å². The van der Waals surface area contributed by atoms with Gasteiger partial charge in [0.15, 0.2) is 0 Å². The summed E-state index contributed by atoms with van der Waals surface area (Å²) in [5.74, 6) is -0.402. The molecule has 0 spiro atoms. The van der Waals surface area contributed by atoms with Crippen molar-refractivity contribution in [3.63, 3.8) is 0 Å². The maximum atomic E-state index is 11.3. The van der Waals surface area contributed by atoms with Crippen LogP contribution in [-0.2, 0) is 25.7 Å². The molecule has 0 unspecified atom stereocenters. The highest BCUT2D eigenvalue weighted by molar-refractivity contribution is 6.91. The molecule has 0 aromatic carbocycles. The van der Waals surface area contributed by atoms with E-state index < -0.39 is 40.5 Å². The molecule has 0 atom stereocenters. The van der Waals surface area contributed by atoms with E-state index in [-0.39, 0.29) is 0 Å². The van der Waals surface area contributed by atoms with E-state index in [1.54, 1.807) is 6.55 Å². The number of hydrogen-bond donors (Lipinski definition) is 0. The lowest BCUT2D eigenvalue weighted by Crippen LogP contribution is -2.66. The van der Waals surface area contributed by atoms with E-state index in [0.717, 1.165) is 0 Å². The predicted molar refractivity (Wildman–Crippen MR) is 80.2 cm³/mol. The summed E-state index contributed by atoms with van der Waals surface area (Å²) in [6, 6.07) is 0. The second kappa shape index (κ2) is 5.18. The Kier molecular flexibility index (Phi) is 4.70. The van der Waals surface area contributed by atoms with E-state index in [0.29, 0.717) is 0 Å². The second-order valence-electron chi connectivity index (χ2n) is 6.06. The summed E-state index contributed by atoms with van der Waals surface area (Å²) < 4.78 is 29.6. The van der Waals surface area contributed by atoms with Crippen LogP contribution in [0.15, 0.2) is 0 Å². The first-order valence-electron chi connectivity index (χ1n) is 6.25. The van der Waals surface area contributed by atoms with E-state index in [2.05, 4.69) is 0 Å². The minimum absolute atomic E-state index is 0.402. The average Bonchev–Trinajstić information content (AvgIpc) is 1.87. The van der Waals surface area contributed by atoms with E-state index in [4.69, 9.17) is 20.9 Å². The molecule has 1 saturated heterocycles. The van der Waals surface area contributed by atoms with Gasteiger partial charge in [-0.05, 0) is 39.3 Å². The standard InChI is InChI=1S/C9H24O6Si4/c1-9(10)11-19(8)14-17(4,5)12-16(2,3)13-18(6,7)15-19/h1-8H3. The van der Waals surface area contributed by atoms with Crippen LogP contribution in [0.5, 0.6) is 0 Å². The van der Waals surface area contributed by atoms with Gasteiger partial charge in [0, 0.05) is 13.5 Å². The fraction of sp³-hybridized carbons (Fsp3) is 0.889. The molecule has 1 fully saturated rings. The summed E-state index contributed by atoms with van der Waals surface area (Å²) in [4.78, 5) is 11.3. The number of carbonyl (C=O) groups is 1. The number of carbonyl (C=O) groups excluding carboxylic acids is 1.